The lowest BCUT2D eigenvalue weighted by atomic mass is 10.1. The van der Waals surface area contributed by atoms with Crippen LogP contribution < -0.4 is 5.32 Å². The maximum absolute atomic E-state index is 4.55. The van der Waals surface area contributed by atoms with E-state index in [4.69, 9.17) is 0 Å². The van der Waals surface area contributed by atoms with E-state index in [9.17, 15) is 0 Å². The van der Waals surface area contributed by atoms with Crippen molar-refractivity contribution in [3.05, 3.63) is 53.1 Å². The van der Waals surface area contributed by atoms with Crippen LogP contribution in [-0.4, -0.2) is 14.4 Å². The zero-order valence-corrected chi connectivity index (χ0v) is 11.8. The fourth-order valence-electron chi connectivity index (χ4n) is 2.15. The predicted molar refractivity (Wildman–Crippen MR) is 77.3 cm³/mol. The van der Waals surface area contributed by atoms with Crippen LogP contribution in [0.15, 0.2) is 36.1 Å². The first kappa shape index (κ1) is 12.3. The molecule has 0 amide bonds. The van der Waals surface area contributed by atoms with E-state index in [1.54, 1.807) is 17.5 Å². The maximum atomic E-state index is 4.55. The molecule has 0 bridgehead atoms. The van der Waals surface area contributed by atoms with E-state index in [-0.39, 0.29) is 6.04 Å². The van der Waals surface area contributed by atoms with Crippen molar-refractivity contribution in [3.8, 4) is 0 Å². The molecule has 0 radical (unpaired) electrons. The van der Waals surface area contributed by atoms with Crippen LogP contribution in [0.2, 0.25) is 0 Å². The lowest BCUT2D eigenvalue weighted by Gasteiger charge is -2.13. The van der Waals surface area contributed by atoms with Gasteiger partial charge in [0, 0.05) is 36.6 Å². The van der Waals surface area contributed by atoms with E-state index in [1.165, 1.54) is 11.3 Å². The minimum atomic E-state index is 0.275. The van der Waals surface area contributed by atoms with Gasteiger partial charge in [-0.15, -0.1) is 11.3 Å². The molecule has 0 saturated heterocycles. The molecule has 0 spiro atoms. The molecule has 3 rings (SSSR count). The molecule has 3 heterocycles. The molecule has 1 N–H and O–H groups in total. The monoisotopic (exact) mass is 272 g/mol. The average Bonchev–Trinajstić information content (AvgIpc) is 2.98. The average molecular weight is 272 g/mol. The lowest BCUT2D eigenvalue weighted by molar-refractivity contribution is 0.563. The van der Waals surface area contributed by atoms with E-state index in [1.807, 2.05) is 12.3 Å². The number of nitrogens with zero attached hydrogens (tertiary/aromatic N) is 3. The summed E-state index contributed by atoms with van der Waals surface area (Å²) < 4.78 is 2.16. The van der Waals surface area contributed by atoms with Gasteiger partial charge in [-0.3, -0.25) is 9.38 Å². The molecule has 3 aromatic rings. The van der Waals surface area contributed by atoms with Gasteiger partial charge in [0.15, 0.2) is 4.96 Å². The van der Waals surface area contributed by atoms with Gasteiger partial charge in [-0.25, -0.2) is 4.98 Å². The highest BCUT2D eigenvalue weighted by Gasteiger charge is 2.11. The van der Waals surface area contributed by atoms with Gasteiger partial charge >= 0.3 is 0 Å². The molecule has 0 aliphatic rings. The van der Waals surface area contributed by atoms with Crippen LogP contribution in [0.25, 0.3) is 4.96 Å². The van der Waals surface area contributed by atoms with Crippen LogP contribution in [0.1, 0.15) is 29.9 Å². The summed E-state index contributed by atoms with van der Waals surface area (Å²) in [4.78, 5) is 9.77. The number of imidazole rings is 1. The van der Waals surface area contributed by atoms with Gasteiger partial charge in [0.1, 0.15) is 0 Å². The molecule has 0 aliphatic carbocycles. The van der Waals surface area contributed by atoms with E-state index < -0.39 is 0 Å². The van der Waals surface area contributed by atoms with Crippen molar-refractivity contribution in [2.45, 2.75) is 26.4 Å². The Morgan fingerprint density at radius 1 is 1.47 bits per heavy atom. The van der Waals surface area contributed by atoms with Crippen molar-refractivity contribution in [3.63, 3.8) is 0 Å². The maximum Gasteiger partial charge on any atom is 0.194 e. The Hall–Kier alpha value is -1.72. The molecule has 0 aliphatic heterocycles. The minimum absolute atomic E-state index is 0.275. The minimum Gasteiger partial charge on any atom is -0.305 e. The molecule has 0 fully saturated rings. The first-order chi connectivity index (χ1) is 9.25. The SMILES string of the molecule is Cc1nc2sccn2c1CNC(C)c1cccnc1. The van der Waals surface area contributed by atoms with Gasteiger partial charge in [0.25, 0.3) is 0 Å². The molecule has 4 nitrogen and oxygen atoms in total. The Balaban J connectivity index is 1.76. The third kappa shape index (κ3) is 2.39. The summed E-state index contributed by atoms with van der Waals surface area (Å²) >= 11 is 1.67. The molecule has 1 atom stereocenters. The quantitative estimate of drug-likeness (QED) is 0.794. The number of thiazole rings is 1. The Kier molecular flexibility index (Phi) is 3.31. The second-order valence-corrected chi connectivity index (χ2v) is 5.46. The molecule has 5 heteroatoms. The summed E-state index contributed by atoms with van der Waals surface area (Å²) in [5.41, 5.74) is 3.52. The van der Waals surface area contributed by atoms with Crippen molar-refractivity contribution in [1.82, 2.24) is 19.7 Å². The van der Waals surface area contributed by atoms with E-state index in [2.05, 4.69) is 51.2 Å². The summed E-state index contributed by atoms with van der Waals surface area (Å²) in [7, 11) is 0. The fraction of sp³-hybridized carbons (Fsp3) is 0.286. The van der Waals surface area contributed by atoms with Gasteiger partial charge in [0.2, 0.25) is 0 Å². The van der Waals surface area contributed by atoms with Crippen molar-refractivity contribution < 1.29 is 0 Å². The number of pyridine rings is 1. The number of fused-ring (bicyclic) bond motifs is 1. The van der Waals surface area contributed by atoms with Gasteiger partial charge in [-0.2, -0.15) is 0 Å². The van der Waals surface area contributed by atoms with Crippen LogP contribution in [0.4, 0.5) is 0 Å². The highest BCUT2D eigenvalue weighted by Crippen LogP contribution is 2.18. The van der Waals surface area contributed by atoms with Crippen molar-refractivity contribution >= 4 is 16.3 Å². The van der Waals surface area contributed by atoms with Crippen LogP contribution in [0.3, 0.4) is 0 Å². The van der Waals surface area contributed by atoms with Crippen molar-refractivity contribution in [2.24, 2.45) is 0 Å². The van der Waals surface area contributed by atoms with Gasteiger partial charge in [0.05, 0.1) is 11.4 Å². The lowest BCUT2D eigenvalue weighted by Crippen LogP contribution is -2.19. The third-order valence-electron chi connectivity index (χ3n) is 3.32. The highest BCUT2D eigenvalue weighted by atomic mass is 32.1. The first-order valence-corrected chi connectivity index (χ1v) is 7.18. The first-order valence-electron chi connectivity index (χ1n) is 6.30. The summed E-state index contributed by atoms with van der Waals surface area (Å²) in [6.45, 7) is 5.02. The molecule has 1 unspecified atom stereocenters. The van der Waals surface area contributed by atoms with E-state index in [0.29, 0.717) is 0 Å². The normalized spacial score (nSPS) is 12.9. The number of hydrogen-bond acceptors (Lipinski definition) is 4. The summed E-state index contributed by atoms with van der Waals surface area (Å²) in [5, 5.41) is 5.59. The second-order valence-electron chi connectivity index (χ2n) is 4.59. The summed E-state index contributed by atoms with van der Waals surface area (Å²) in [6, 6.07) is 4.33. The van der Waals surface area contributed by atoms with Crippen LogP contribution in [0, 0.1) is 6.92 Å². The largest absolute Gasteiger partial charge is 0.305 e. The van der Waals surface area contributed by atoms with E-state index in [0.717, 1.165) is 17.2 Å². The predicted octanol–water partition coefficient (Wildman–Crippen LogP) is 2.95. The Morgan fingerprint density at radius 2 is 2.37 bits per heavy atom. The molecule has 19 heavy (non-hydrogen) atoms. The number of rotatable bonds is 4. The number of aryl methyl sites for hydroxylation is 1. The van der Waals surface area contributed by atoms with Crippen molar-refractivity contribution in [1.29, 1.82) is 0 Å². The summed E-state index contributed by atoms with van der Waals surface area (Å²) in [5.74, 6) is 0. The molecule has 0 aromatic carbocycles. The second kappa shape index (κ2) is 5.11. The molecule has 98 valence electrons. The highest BCUT2D eigenvalue weighted by molar-refractivity contribution is 7.15. The standard InChI is InChI=1S/C14H16N4S/c1-10(12-4-3-5-15-8-12)16-9-13-11(2)17-14-18(13)6-7-19-14/h3-8,10,16H,9H2,1-2H3. The van der Waals surface area contributed by atoms with Crippen LogP contribution in [0.5, 0.6) is 0 Å². The zero-order valence-electron chi connectivity index (χ0n) is 11.0. The Bertz CT molecular complexity index is 671. The summed E-state index contributed by atoms with van der Waals surface area (Å²) in [6.07, 6.45) is 5.78. The molecule has 0 saturated carbocycles. The van der Waals surface area contributed by atoms with Gasteiger partial charge < -0.3 is 5.32 Å². The van der Waals surface area contributed by atoms with Crippen LogP contribution >= 0.6 is 11.3 Å². The van der Waals surface area contributed by atoms with Crippen molar-refractivity contribution in [2.75, 3.05) is 0 Å². The Morgan fingerprint density at radius 3 is 3.16 bits per heavy atom. The van der Waals surface area contributed by atoms with Gasteiger partial charge in [-0.1, -0.05) is 6.07 Å². The number of aromatic nitrogens is 3. The topological polar surface area (TPSA) is 42.2 Å². The van der Waals surface area contributed by atoms with Gasteiger partial charge in [-0.05, 0) is 25.5 Å². The number of hydrogen-bond donors (Lipinski definition) is 1. The van der Waals surface area contributed by atoms with Crippen LogP contribution in [-0.2, 0) is 6.54 Å². The smallest absolute Gasteiger partial charge is 0.194 e. The fourth-order valence-corrected chi connectivity index (χ4v) is 2.93. The molecular formula is C14H16N4S. The molecule has 3 aromatic heterocycles. The molecular weight excluding hydrogens is 256 g/mol. The number of nitrogens with one attached hydrogen (secondary N) is 1. The third-order valence-corrected chi connectivity index (χ3v) is 4.08. The van der Waals surface area contributed by atoms with E-state index >= 15 is 0 Å². The Labute approximate surface area is 116 Å². The zero-order chi connectivity index (χ0) is 13.2.